The molecule has 2 aromatic heterocycles. The van der Waals surface area contributed by atoms with E-state index in [0.29, 0.717) is 47.7 Å². The molecule has 0 unspecified atom stereocenters. The molecule has 1 aliphatic rings. The number of hydrogen-bond donors (Lipinski definition) is 1. The molecule has 3 aromatic rings. The van der Waals surface area contributed by atoms with Crippen molar-refractivity contribution in [2.45, 2.75) is 6.92 Å². The van der Waals surface area contributed by atoms with E-state index < -0.39 is 5.91 Å². The van der Waals surface area contributed by atoms with Crippen LogP contribution in [0.3, 0.4) is 0 Å². The van der Waals surface area contributed by atoms with E-state index in [0.717, 1.165) is 5.39 Å². The standard InChI is InChI=1S/C18H16N2O5S/c1-2-23-13-5-3-4-11-8-14(25-16(11)13)12-10-26-18(19-12)20-17(21)15-9-22-6-7-24-15/h3-5,8-10H,2,6-7H2,1H3,(H,19,20,21). The van der Waals surface area contributed by atoms with E-state index in [1.807, 2.05) is 36.6 Å². The number of thiazole rings is 1. The Labute approximate surface area is 153 Å². The van der Waals surface area contributed by atoms with E-state index in [-0.39, 0.29) is 5.76 Å². The van der Waals surface area contributed by atoms with E-state index in [1.54, 1.807) is 0 Å². The molecule has 7 nitrogen and oxygen atoms in total. The van der Waals surface area contributed by atoms with Crippen molar-refractivity contribution in [3.05, 3.63) is 41.7 Å². The number of carbonyl (C=O) groups is 1. The predicted octanol–water partition coefficient (Wildman–Crippen LogP) is 3.78. The number of nitrogens with one attached hydrogen (secondary N) is 1. The Morgan fingerprint density at radius 1 is 1.38 bits per heavy atom. The zero-order chi connectivity index (χ0) is 17.9. The molecular formula is C18H16N2O5S. The number of benzene rings is 1. The van der Waals surface area contributed by atoms with Gasteiger partial charge in [-0.15, -0.1) is 11.3 Å². The molecule has 0 atom stereocenters. The van der Waals surface area contributed by atoms with Gasteiger partial charge in [-0.2, -0.15) is 0 Å². The quantitative estimate of drug-likeness (QED) is 0.734. The highest BCUT2D eigenvalue weighted by Crippen LogP contribution is 2.34. The highest BCUT2D eigenvalue weighted by Gasteiger charge is 2.18. The van der Waals surface area contributed by atoms with Crippen LogP contribution in [0.25, 0.3) is 22.4 Å². The average Bonchev–Trinajstić information content (AvgIpc) is 3.30. The van der Waals surface area contributed by atoms with Crippen molar-refractivity contribution < 1.29 is 23.4 Å². The summed E-state index contributed by atoms with van der Waals surface area (Å²) in [6, 6.07) is 7.64. The van der Waals surface area contributed by atoms with E-state index in [9.17, 15) is 4.79 Å². The van der Waals surface area contributed by atoms with Crippen LogP contribution in [0, 0.1) is 0 Å². The lowest BCUT2D eigenvalue weighted by Gasteiger charge is -2.14. The Morgan fingerprint density at radius 2 is 2.31 bits per heavy atom. The van der Waals surface area contributed by atoms with Crippen LogP contribution in [0.4, 0.5) is 5.13 Å². The van der Waals surface area contributed by atoms with Crippen molar-refractivity contribution in [3.8, 4) is 17.2 Å². The second-order valence-corrected chi connectivity index (χ2v) is 6.27. The van der Waals surface area contributed by atoms with E-state index in [2.05, 4.69) is 10.3 Å². The summed E-state index contributed by atoms with van der Waals surface area (Å²) in [5.74, 6) is 1.05. The van der Waals surface area contributed by atoms with Crippen LogP contribution in [0.2, 0.25) is 0 Å². The zero-order valence-corrected chi connectivity index (χ0v) is 14.8. The van der Waals surface area contributed by atoms with Gasteiger partial charge in [-0.25, -0.2) is 4.98 Å². The van der Waals surface area contributed by atoms with Gasteiger partial charge < -0.3 is 18.6 Å². The predicted molar refractivity (Wildman–Crippen MR) is 97.1 cm³/mol. The Bertz CT molecular complexity index is 975. The van der Waals surface area contributed by atoms with Crippen LogP contribution >= 0.6 is 11.3 Å². The molecule has 0 radical (unpaired) electrons. The normalized spacial score (nSPS) is 13.7. The van der Waals surface area contributed by atoms with Gasteiger partial charge in [-0.1, -0.05) is 12.1 Å². The first-order chi connectivity index (χ1) is 12.7. The monoisotopic (exact) mass is 372 g/mol. The summed E-state index contributed by atoms with van der Waals surface area (Å²) in [6.07, 6.45) is 1.31. The molecule has 0 fully saturated rings. The van der Waals surface area contributed by atoms with Gasteiger partial charge in [0.05, 0.1) is 6.61 Å². The van der Waals surface area contributed by atoms with Crippen molar-refractivity contribution in [1.82, 2.24) is 4.98 Å². The summed E-state index contributed by atoms with van der Waals surface area (Å²) in [5.41, 5.74) is 1.32. The number of aromatic nitrogens is 1. The number of carbonyl (C=O) groups excluding carboxylic acids is 1. The van der Waals surface area contributed by atoms with Gasteiger partial charge in [0, 0.05) is 10.8 Å². The van der Waals surface area contributed by atoms with Crippen molar-refractivity contribution in [2.75, 3.05) is 25.1 Å². The first-order valence-corrected chi connectivity index (χ1v) is 8.99. The molecular weight excluding hydrogens is 356 g/mol. The van der Waals surface area contributed by atoms with Gasteiger partial charge in [-0.3, -0.25) is 10.1 Å². The molecule has 8 heteroatoms. The SMILES string of the molecule is CCOc1cccc2cc(-c3csc(NC(=O)C4=COCCO4)n3)oc12. The summed E-state index contributed by atoms with van der Waals surface area (Å²) < 4.78 is 21.9. The molecule has 1 aromatic carbocycles. The second-order valence-electron chi connectivity index (χ2n) is 5.41. The third kappa shape index (κ3) is 3.23. The van der Waals surface area contributed by atoms with Crippen molar-refractivity contribution in [3.63, 3.8) is 0 Å². The summed E-state index contributed by atoms with van der Waals surface area (Å²) in [5, 5.41) is 5.90. The number of anilines is 1. The minimum atomic E-state index is -0.395. The fourth-order valence-corrected chi connectivity index (χ4v) is 3.22. The van der Waals surface area contributed by atoms with Crippen LogP contribution in [-0.4, -0.2) is 30.7 Å². The highest BCUT2D eigenvalue weighted by atomic mass is 32.1. The molecule has 0 bridgehead atoms. The number of hydrogen-bond acceptors (Lipinski definition) is 7. The molecule has 1 aliphatic heterocycles. The average molecular weight is 372 g/mol. The summed E-state index contributed by atoms with van der Waals surface area (Å²) >= 11 is 1.30. The number of ether oxygens (including phenoxy) is 3. The van der Waals surface area contributed by atoms with Crippen LogP contribution in [0.15, 0.2) is 46.1 Å². The largest absolute Gasteiger partial charge is 0.494 e. The molecule has 0 saturated carbocycles. The molecule has 1 N–H and O–H groups in total. The molecule has 3 heterocycles. The van der Waals surface area contributed by atoms with Crippen molar-refractivity contribution >= 4 is 33.3 Å². The Kier molecular flexibility index (Phi) is 4.49. The summed E-state index contributed by atoms with van der Waals surface area (Å²) in [7, 11) is 0. The van der Waals surface area contributed by atoms with Crippen LogP contribution in [-0.2, 0) is 14.3 Å². The van der Waals surface area contributed by atoms with Gasteiger partial charge in [0.25, 0.3) is 5.91 Å². The number of para-hydroxylation sites is 1. The highest BCUT2D eigenvalue weighted by molar-refractivity contribution is 7.14. The molecule has 0 spiro atoms. The zero-order valence-electron chi connectivity index (χ0n) is 14.0. The van der Waals surface area contributed by atoms with E-state index >= 15 is 0 Å². The van der Waals surface area contributed by atoms with E-state index in [4.69, 9.17) is 18.6 Å². The summed E-state index contributed by atoms with van der Waals surface area (Å²) in [4.78, 5) is 16.5. The molecule has 0 aliphatic carbocycles. The van der Waals surface area contributed by atoms with Gasteiger partial charge >= 0.3 is 0 Å². The number of nitrogens with zero attached hydrogens (tertiary/aromatic N) is 1. The van der Waals surface area contributed by atoms with Crippen molar-refractivity contribution in [2.24, 2.45) is 0 Å². The third-order valence-corrected chi connectivity index (χ3v) is 4.42. The lowest BCUT2D eigenvalue weighted by atomic mass is 10.2. The smallest absolute Gasteiger partial charge is 0.295 e. The Morgan fingerprint density at radius 3 is 3.12 bits per heavy atom. The lowest BCUT2D eigenvalue weighted by Crippen LogP contribution is -2.21. The first kappa shape index (κ1) is 16.5. The number of amides is 1. The maximum absolute atomic E-state index is 12.1. The van der Waals surface area contributed by atoms with Crippen LogP contribution in [0.1, 0.15) is 6.92 Å². The fourth-order valence-electron chi connectivity index (χ4n) is 2.52. The minimum absolute atomic E-state index is 0.137. The number of furan rings is 1. The van der Waals surface area contributed by atoms with Crippen molar-refractivity contribution in [1.29, 1.82) is 0 Å². The van der Waals surface area contributed by atoms with Crippen LogP contribution in [0.5, 0.6) is 5.75 Å². The molecule has 26 heavy (non-hydrogen) atoms. The van der Waals surface area contributed by atoms with Gasteiger partial charge in [-0.05, 0) is 19.1 Å². The Balaban J connectivity index is 1.56. The minimum Gasteiger partial charge on any atom is -0.494 e. The molecule has 4 rings (SSSR count). The molecule has 134 valence electrons. The van der Waals surface area contributed by atoms with Gasteiger partial charge in [0.2, 0.25) is 5.76 Å². The number of fused-ring (bicyclic) bond motifs is 1. The second kappa shape index (κ2) is 7.09. The van der Waals surface area contributed by atoms with Crippen LogP contribution < -0.4 is 10.1 Å². The topological polar surface area (TPSA) is 82.8 Å². The Hall–Kier alpha value is -3.00. The fraction of sp³-hybridized carbons (Fsp3) is 0.222. The van der Waals surface area contributed by atoms with E-state index in [1.165, 1.54) is 17.6 Å². The maximum atomic E-state index is 12.1. The lowest BCUT2D eigenvalue weighted by molar-refractivity contribution is -0.117. The van der Waals surface area contributed by atoms with Gasteiger partial charge in [0.15, 0.2) is 22.2 Å². The van der Waals surface area contributed by atoms with Gasteiger partial charge in [0.1, 0.15) is 25.2 Å². The first-order valence-electron chi connectivity index (χ1n) is 8.12. The molecule has 1 amide bonds. The maximum Gasteiger partial charge on any atom is 0.295 e. The number of rotatable bonds is 5. The third-order valence-electron chi connectivity index (χ3n) is 3.66. The molecule has 0 saturated heterocycles. The summed E-state index contributed by atoms with van der Waals surface area (Å²) in [6.45, 7) is 3.27.